The minimum absolute atomic E-state index is 0.210. The monoisotopic (exact) mass is 211 g/mol. The van der Waals surface area contributed by atoms with Crippen molar-refractivity contribution in [2.24, 2.45) is 5.92 Å². The van der Waals surface area contributed by atoms with Gasteiger partial charge in [-0.05, 0) is 60.4 Å². The Morgan fingerprint density at radius 2 is 1.60 bits per heavy atom. The first-order chi connectivity index (χ1) is 6.65. The van der Waals surface area contributed by atoms with Crippen LogP contribution in [-0.2, 0) is 4.79 Å². The number of ketones is 1. The second kappa shape index (κ2) is 3.89. The van der Waals surface area contributed by atoms with E-state index in [1.54, 1.807) is 6.92 Å². The van der Waals surface area contributed by atoms with E-state index in [2.05, 4.69) is 39.6 Å². The number of Topliss-reactive ketones (excluding diaryl/α,β-unsaturated/α-hetero) is 1. The Bertz CT molecular complexity index is 237. The smallest absolute Gasteiger partial charge is 0.130 e. The summed E-state index contributed by atoms with van der Waals surface area (Å²) < 4.78 is 0. The molecule has 88 valence electrons. The van der Waals surface area contributed by atoms with Gasteiger partial charge in [0.05, 0.1) is 0 Å². The fourth-order valence-corrected chi connectivity index (χ4v) is 3.13. The van der Waals surface area contributed by atoms with Crippen molar-refractivity contribution >= 4 is 5.78 Å². The molecule has 0 N–H and O–H groups in total. The molecule has 0 aromatic heterocycles. The van der Waals surface area contributed by atoms with Gasteiger partial charge >= 0.3 is 0 Å². The standard InChI is InChI=1S/C13H25NO/c1-10(15)7-11-8-12(2,3)14(6)13(4,5)9-11/h11H,7-9H2,1-6H3. The van der Waals surface area contributed by atoms with Crippen LogP contribution in [0.15, 0.2) is 0 Å². The zero-order valence-electron chi connectivity index (χ0n) is 11.1. The van der Waals surface area contributed by atoms with Crippen molar-refractivity contribution < 1.29 is 4.79 Å². The minimum Gasteiger partial charge on any atom is -0.300 e. The van der Waals surface area contributed by atoms with E-state index in [4.69, 9.17) is 0 Å². The predicted molar refractivity (Wildman–Crippen MR) is 63.9 cm³/mol. The van der Waals surface area contributed by atoms with Crippen molar-refractivity contribution in [1.29, 1.82) is 0 Å². The maximum atomic E-state index is 11.2. The molecular formula is C13H25NO. The van der Waals surface area contributed by atoms with Crippen LogP contribution in [0.5, 0.6) is 0 Å². The molecule has 0 spiro atoms. The van der Waals surface area contributed by atoms with Crippen molar-refractivity contribution in [3.05, 3.63) is 0 Å². The van der Waals surface area contributed by atoms with Crippen LogP contribution < -0.4 is 0 Å². The topological polar surface area (TPSA) is 20.3 Å². The summed E-state index contributed by atoms with van der Waals surface area (Å²) in [5, 5.41) is 0. The van der Waals surface area contributed by atoms with Crippen LogP contribution in [0.1, 0.15) is 53.9 Å². The van der Waals surface area contributed by atoms with E-state index in [9.17, 15) is 4.79 Å². The highest BCUT2D eigenvalue weighted by Gasteiger charge is 2.42. The zero-order chi connectivity index (χ0) is 11.9. The molecule has 0 bridgehead atoms. The number of carbonyl (C=O) groups excluding carboxylic acids is 1. The predicted octanol–water partition coefficient (Wildman–Crippen LogP) is 2.86. The molecule has 0 aromatic rings. The van der Waals surface area contributed by atoms with E-state index in [0.29, 0.717) is 11.7 Å². The van der Waals surface area contributed by atoms with Crippen LogP contribution in [0.25, 0.3) is 0 Å². The summed E-state index contributed by atoms with van der Waals surface area (Å²) in [5.41, 5.74) is 0.420. The molecule has 1 heterocycles. The molecule has 1 aliphatic heterocycles. The third kappa shape index (κ3) is 2.81. The zero-order valence-corrected chi connectivity index (χ0v) is 11.1. The molecule has 0 saturated carbocycles. The van der Waals surface area contributed by atoms with Gasteiger partial charge in [-0.3, -0.25) is 4.90 Å². The number of rotatable bonds is 2. The number of likely N-dealkylation sites (tertiary alicyclic amines) is 1. The SMILES string of the molecule is CC(=O)CC1CC(C)(C)N(C)C(C)(C)C1. The first-order valence-electron chi connectivity index (χ1n) is 5.88. The molecule has 0 amide bonds. The lowest BCUT2D eigenvalue weighted by Gasteiger charge is -2.53. The summed E-state index contributed by atoms with van der Waals surface area (Å²) >= 11 is 0. The molecule has 0 aliphatic carbocycles. The highest BCUT2D eigenvalue weighted by molar-refractivity contribution is 5.75. The van der Waals surface area contributed by atoms with Crippen molar-refractivity contribution in [3.63, 3.8) is 0 Å². The summed E-state index contributed by atoms with van der Waals surface area (Å²) in [6.07, 6.45) is 3.01. The molecule has 15 heavy (non-hydrogen) atoms. The van der Waals surface area contributed by atoms with Crippen LogP contribution in [0.2, 0.25) is 0 Å². The first kappa shape index (κ1) is 12.7. The molecular weight excluding hydrogens is 186 g/mol. The molecule has 2 nitrogen and oxygen atoms in total. The average molecular weight is 211 g/mol. The van der Waals surface area contributed by atoms with Crippen molar-refractivity contribution in [2.45, 2.75) is 65.0 Å². The van der Waals surface area contributed by atoms with Crippen molar-refractivity contribution in [2.75, 3.05) is 7.05 Å². The third-order valence-electron chi connectivity index (χ3n) is 3.97. The summed E-state index contributed by atoms with van der Waals surface area (Å²) in [7, 11) is 2.20. The highest BCUT2D eigenvalue weighted by Crippen LogP contribution is 2.41. The van der Waals surface area contributed by atoms with Gasteiger partial charge in [-0.1, -0.05) is 0 Å². The molecule has 0 aromatic carbocycles. The van der Waals surface area contributed by atoms with Gasteiger partial charge in [-0.25, -0.2) is 0 Å². The Kier molecular flexibility index (Phi) is 3.30. The number of nitrogens with zero attached hydrogens (tertiary/aromatic N) is 1. The first-order valence-corrected chi connectivity index (χ1v) is 5.88. The van der Waals surface area contributed by atoms with Crippen LogP contribution in [0.3, 0.4) is 0 Å². The molecule has 0 unspecified atom stereocenters. The summed E-state index contributed by atoms with van der Waals surface area (Å²) in [4.78, 5) is 13.7. The minimum atomic E-state index is 0.210. The second-order valence-corrected chi connectivity index (χ2v) is 6.36. The summed E-state index contributed by atoms with van der Waals surface area (Å²) in [5.74, 6) is 0.889. The van der Waals surface area contributed by atoms with E-state index in [-0.39, 0.29) is 11.1 Å². The van der Waals surface area contributed by atoms with Gasteiger partial charge in [0.1, 0.15) is 5.78 Å². The molecule has 1 fully saturated rings. The molecule has 1 saturated heterocycles. The van der Waals surface area contributed by atoms with Gasteiger partial charge in [-0.2, -0.15) is 0 Å². The second-order valence-electron chi connectivity index (χ2n) is 6.36. The lowest BCUT2D eigenvalue weighted by Crippen LogP contribution is -2.58. The van der Waals surface area contributed by atoms with Gasteiger partial charge < -0.3 is 4.79 Å². The maximum Gasteiger partial charge on any atom is 0.130 e. The number of hydrogen-bond acceptors (Lipinski definition) is 2. The molecule has 0 radical (unpaired) electrons. The fourth-order valence-electron chi connectivity index (χ4n) is 3.13. The quantitative estimate of drug-likeness (QED) is 0.700. The van der Waals surface area contributed by atoms with Crippen LogP contribution in [0.4, 0.5) is 0 Å². The van der Waals surface area contributed by atoms with Crippen molar-refractivity contribution in [3.8, 4) is 0 Å². The molecule has 2 heteroatoms. The Balaban J connectivity index is 2.79. The number of hydrogen-bond donors (Lipinski definition) is 0. The van der Waals surface area contributed by atoms with E-state index < -0.39 is 0 Å². The van der Waals surface area contributed by atoms with Gasteiger partial charge in [-0.15, -0.1) is 0 Å². The van der Waals surface area contributed by atoms with Crippen LogP contribution in [0, 0.1) is 5.92 Å². The van der Waals surface area contributed by atoms with E-state index in [1.807, 2.05) is 0 Å². The maximum absolute atomic E-state index is 11.2. The summed E-state index contributed by atoms with van der Waals surface area (Å²) in [6.45, 7) is 10.8. The average Bonchev–Trinajstić information content (AvgIpc) is 1.97. The largest absolute Gasteiger partial charge is 0.300 e. The Hall–Kier alpha value is -0.370. The van der Waals surface area contributed by atoms with E-state index >= 15 is 0 Å². The van der Waals surface area contributed by atoms with Crippen LogP contribution in [-0.4, -0.2) is 28.8 Å². The van der Waals surface area contributed by atoms with Gasteiger partial charge in [0, 0.05) is 17.5 Å². The Morgan fingerprint density at radius 1 is 1.20 bits per heavy atom. The Morgan fingerprint density at radius 3 is 1.93 bits per heavy atom. The van der Waals surface area contributed by atoms with Crippen LogP contribution >= 0.6 is 0 Å². The third-order valence-corrected chi connectivity index (χ3v) is 3.97. The lowest BCUT2D eigenvalue weighted by atomic mass is 9.72. The molecule has 0 atom stereocenters. The van der Waals surface area contributed by atoms with Crippen molar-refractivity contribution in [1.82, 2.24) is 4.90 Å². The number of carbonyl (C=O) groups is 1. The van der Waals surface area contributed by atoms with Gasteiger partial charge in [0.25, 0.3) is 0 Å². The highest BCUT2D eigenvalue weighted by atomic mass is 16.1. The van der Waals surface area contributed by atoms with Gasteiger partial charge in [0.15, 0.2) is 0 Å². The molecule has 1 rings (SSSR count). The van der Waals surface area contributed by atoms with Gasteiger partial charge in [0.2, 0.25) is 0 Å². The Labute approximate surface area is 94.0 Å². The van der Waals surface area contributed by atoms with E-state index in [0.717, 1.165) is 19.3 Å². The van der Waals surface area contributed by atoms with E-state index in [1.165, 1.54) is 0 Å². The summed E-state index contributed by atoms with van der Waals surface area (Å²) in [6, 6.07) is 0. The normalized spacial score (nSPS) is 26.5. The number of piperidine rings is 1. The molecule has 1 aliphatic rings. The lowest BCUT2D eigenvalue weighted by molar-refractivity contribution is -0.119. The fraction of sp³-hybridized carbons (Fsp3) is 0.923.